The van der Waals surface area contributed by atoms with E-state index in [0.29, 0.717) is 21.7 Å². The van der Waals surface area contributed by atoms with Crippen molar-refractivity contribution in [2.24, 2.45) is 0 Å². The van der Waals surface area contributed by atoms with E-state index < -0.39 is 0 Å². The molecule has 0 saturated heterocycles. The van der Waals surface area contributed by atoms with E-state index in [-0.39, 0.29) is 16.3 Å². The number of aromatic nitrogens is 1. The Bertz CT molecular complexity index is 1280. The van der Waals surface area contributed by atoms with Crippen LogP contribution in [0.25, 0.3) is 21.9 Å². The molecule has 0 bridgehead atoms. The predicted octanol–water partition coefficient (Wildman–Crippen LogP) is 2.78. The first-order valence-electron chi connectivity index (χ1n) is 7.75. The van der Waals surface area contributed by atoms with E-state index in [1.807, 2.05) is 16.7 Å². The molecule has 0 amide bonds. The van der Waals surface area contributed by atoms with Gasteiger partial charge in [0.1, 0.15) is 5.35 Å². The number of fused-ring (bicyclic) bond motifs is 2. The third-order valence-corrected chi connectivity index (χ3v) is 4.71. The Kier molecular flexibility index (Phi) is 2.37. The molecule has 0 unspecified atom stereocenters. The summed E-state index contributed by atoms with van der Waals surface area (Å²) in [4.78, 5) is 25.8. The Morgan fingerprint density at radius 1 is 0.913 bits per heavy atom. The van der Waals surface area contributed by atoms with Crippen molar-refractivity contribution < 1.29 is 4.42 Å². The number of benzene rings is 2. The molecule has 2 aliphatic heterocycles. The second kappa shape index (κ2) is 4.32. The highest BCUT2D eigenvalue weighted by atomic mass is 16.3. The number of aryl methyl sites for hydroxylation is 2. The van der Waals surface area contributed by atoms with E-state index in [1.165, 1.54) is 5.56 Å². The molecule has 112 valence electrons. The maximum atomic E-state index is 13.0. The summed E-state index contributed by atoms with van der Waals surface area (Å²) < 4.78 is 7.87. The average Bonchev–Trinajstić information content (AvgIpc) is 2.60. The zero-order valence-electron chi connectivity index (χ0n) is 12.3. The van der Waals surface area contributed by atoms with Gasteiger partial charge in [0.15, 0.2) is 5.58 Å². The number of hydrogen-bond donors (Lipinski definition) is 0. The lowest BCUT2D eigenvalue weighted by atomic mass is 10.0. The Morgan fingerprint density at radius 3 is 2.52 bits per heavy atom. The predicted molar refractivity (Wildman–Crippen MR) is 87.9 cm³/mol. The molecule has 0 spiro atoms. The van der Waals surface area contributed by atoms with E-state index in [0.717, 1.165) is 24.9 Å². The minimum atomic E-state index is -0.211. The van der Waals surface area contributed by atoms with Gasteiger partial charge in [0, 0.05) is 17.3 Å². The van der Waals surface area contributed by atoms with Gasteiger partial charge >= 0.3 is 0 Å². The highest BCUT2D eigenvalue weighted by molar-refractivity contribution is 5.83. The van der Waals surface area contributed by atoms with Gasteiger partial charge in [-0.05, 0) is 24.5 Å². The molecule has 3 aliphatic rings. The summed E-state index contributed by atoms with van der Waals surface area (Å²) in [6.07, 6.45) is 1.92. The van der Waals surface area contributed by atoms with Crippen LogP contribution in [0.3, 0.4) is 0 Å². The van der Waals surface area contributed by atoms with Gasteiger partial charge in [-0.1, -0.05) is 36.4 Å². The molecule has 0 aromatic heterocycles. The van der Waals surface area contributed by atoms with Crippen molar-refractivity contribution in [3.05, 3.63) is 79.2 Å². The van der Waals surface area contributed by atoms with Crippen LogP contribution in [0.2, 0.25) is 0 Å². The summed E-state index contributed by atoms with van der Waals surface area (Å²) in [5.74, 6) is 0. The molecule has 5 rings (SSSR count). The summed E-state index contributed by atoms with van der Waals surface area (Å²) in [7, 11) is 0. The minimum absolute atomic E-state index is 0.127. The molecule has 0 atom stereocenters. The number of rotatable bonds is 0. The van der Waals surface area contributed by atoms with Crippen LogP contribution in [0.15, 0.2) is 56.5 Å². The fourth-order valence-corrected chi connectivity index (χ4v) is 3.71. The van der Waals surface area contributed by atoms with Crippen LogP contribution < -0.4 is 10.9 Å². The summed E-state index contributed by atoms with van der Waals surface area (Å²) in [6.45, 7) is 0.730. The van der Waals surface area contributed by atoms with Gasteiger partial charge in [-0.15, -0.1) is 0 Å². The van der Waals surface area contributed by atoms with Gasteiger partial charge < -0.3 is 8.98 Å². The van der Waals surface area contributed by atoms with Gasteiger partial charge in [0.05, 0.1) is 5.52 Å². The third kappa shape index (κ3) is 1.55. The van der Waals surface area contributed by atoms with Gasteiger partial charge in [-0.25, -0.2) is 0 Å². The van der Waals surface area contributed by atoms with Crippen molar-refractivity contribution in [3.8, 4) is 0 Å². The quantitative estimate of drug-likeness (QED) is 0.502. The Hall–Kier alpha value is -2.88. The lowest BCUT2D eigenvalue weighted by molar-refractivity contribution is 0.518. The highest BCUT2D eigenvalue weighted by Crippen LogP contribution is 2.25. The Morgan fingerprint density at radius 2 is 1.70 bits per heavy atom. The smallest absolute Gasteiger partial charge is 0.231 e. The molecule has 1 aliphatic carbocycles. The standard InChI is InChI=1S/C19H13NO3/c21-17-12-7-1-2-8-13(12)18(22)19-16(17)20-10-4-6-11-5-3-9-14(23-19)15(11)20/h1-3,5,7-9H,4,6,10H2. The number of para-hydroxylation sites is 1. The summed E-state index contributed by atoms with van der Waals surface area (Å²) in [5.41, 5.74) is 2.61. The SMILES string of the molecule is O=c1c2oc3cccc4c3n(c=2c(=O)c2ccccc12)CCC4. The lowest BCUT2D eigenvalue weighted by Crippen LogP contribution is -2.23. The first kappa shape index (κ1) is 12.6. The minimum Gasteiger partial charge on any atom is -0.449 e. The van der Waals surface area contributed by atoms with E-state index in [4.69, 9.17) is 4.42 Å². The molecule has 4 heteroatoms. The maximum absolute atomic E-state index is 13.0. The largest absolute Gasteiger partial charge is 0.449 e. The fourth-order valence-electron chi connectivity index (χ4n) is 3.71. The molecule has 2 aromatic rings. The molecule has 23 heavy (non-hydrogen) atoms. The van der Waals surface area contributed by atoms with Gasteiger partial charge in [0.25, 0.3) is 0 Å². The zero-order chi connectivity index (χ0) is 15.6. The van der Waals surface area contributed by atoms with Crippen molar-refractivity contribution in [1.82, 2.24) is 4.57 Å². The first-order chi connectivity index (χ1) is 11.3. The van der Waals surface area contributed by atoms with Crippen molar-refractivity contribution >= 4 is 21.9 Å². The van der Waals surface area contributed by atoms with Crippen LogP contribution in [-0.2, 0) is 13.0 Å². The molecule has 0 radical (unpaired) electrons. The molecule has 2 heterocycles. The van der Waals surface area contributed by atoms with Gasteiger partial charge in [-0.2, -0.15) is 0 Å². The summed E-state index contributed by atoms with van der Waals surface area (Å²) in [6, 6.07) is 12.8. The second-order valence-corrected chi connectivity index (χ2v) is 6.00. The van der Waals surface area contributed by atoms with Crippen LogP contribution in [0.4, 0.5) is 0 Å². The number of hydrogen-bond acceptors (Lipinski definition) is 3. The Labute approximate surface area is 130 Å². The monoisotopic (exact) mass is 303 g/mol. The van der Waals surface area contributed by atoms with Crippen LogP contribution >= 0.6 is 0 Å². The average molecular weight is 303 g/mol. The van der Waals surface area contributed by atoms with E-state index in [2.05, 4.69) is 6.07 Å². The van der Waals surface area contributed by atoms with E-state index in [9.17, 15) is 9.59 Å². The normalized spacial score (nSPS) is 13.9. The summed E-state index contributed by atoms with van der Waals surface area (Å²) >= 11 is 0. The van der Waals surface area contributed by atoms with Crippen LogP contribution in [0.5, 0.6) is 0 Å². The zero-order valence-corrected chi connectivity index (χ0v) is 12.3. The Balaban J connectivity index is 2.23. The van der Waals surface area contributed by atoms with E-state index in [1.54, 1.807) is 24.3 Å². The number of nitrogens with zero attached hydrogens (tertiary/aromatic N) is 1. The third-order valence-electron chi connectivity index (χ3n) is 4.71. The van der Waals surface area contributed by atoms with Crippen molar-refractivity contribution in [3.63, 3.8) is 0 Å². The van der Waals surface area contributed by atoms with Crippen LogP contribution in [0.1, 0.15) is 12.0 Å². The molecular weight excluding hydrogens is 290 g/mol. The van der Waals surface area contributed by atoms with Crippen molar-refractivity contribution in [2.45, 2.75) is 19.4 Å². The molecular formula is C19H13NO3. The fraction of sp³-hybridized carbons (Fsp3) is 0.158. The molecule has 4 nitrogen and oxygen atoms in total. The van der Waals surface area contributed by atoms with Crippen LogP contribution in [-0.4, -0.2) is 4.57 Å². The lowest BCUT2D eigenvalue weighted by Gasteiger charge is -2.20. The van der Waals surface area contributed by atoms with Gasteiger partial charge in [-0.3, -0.25) is 9.59 Å². The van der Waals surface area contributed by atoms with Crippen LogP contribution in [0, 0.1) is 10.8 Å². The summed E-state index contributed by atoms with van der Waals surface area (Å²) in [5, 5.41) is 1.28. The van der Waals surface area contributed by atoms with Crippen molar-refractivity contribution in [2.75, 3.05) is 0 Å². The molecule has 0 saturated carbocycles. The first-order valence-corrected chi connectivity index (χ1v) is 7.75. The topological polar surface area (TPSA) is 52.2 Å². The van der Waals surface area contributed by atoms with E-state index >= 15 is 0 Å². The maximum Gasteiger partial charge on any atom is 0.231 e. The molecule has 0 fully saturated rings. The van der Waals surface area contributed by atoms with Gasteiger partial charge in [0.2, 0.25) is 16.3 Å². The molecule has 0 N–H and O–H groups in total. The van der Waals surface area contributed by atoms with Crippen molar-refractivity contribution in [1.29, 1.82) is 0 Å². The molecule has 2 aromatic carbocycles. The highest BCUT2D eigenvalue weighted by Gasteiger charge is 2.18. The second-order valence-electron chi connectivity index (χ2n) is 6.00.